The summed E-state index contributed by atoms with van der Waals surface area (Å²) in [4.78, 5) is 25.4. The van der Waals surface area contributed by atoms with Crippen molar-refractivity contribution in [1.82, 2.24) is 14.9 Å². The van der Waals surface area contributed by atoms with Gasteiger partial charge in [-0.2, -0.15) is 0 Å². The maximum atomic E-state index is 12.9. The van der Waals surface area contributed by atoms with Crippen molar-refractivity contribution in [3.8, 4) is 5.75 Å². The summed E-state index contributed by atoms with van der Waals surface area (Å²) in [5.41, 5.74) is 1.13. The molecule has 0 bridgehead atoms. The second kappa shape index (κ2) is 7.32. The lowest BCUT2D eigenvalue weighted by Crippen LogP contribution is -2.49. The minimum atomic E-state index is -0.0685. The van der Waals surface area contributed by atoms with E-state index < -0.39 is 0 Å². The van der Waals surface area contributed by atoms with E-state index in [1.165, 1.54) is 0 Å². The van der Waals surface area contributed by atoms with Crippen molar-refractivity contribution in [3.05, 3.63) is 48.4 Å². The van der Waals surface area contributed by atoms with Gasteiger partial charge in [-0.3, -0.25) is 4.79 Å². The van der Waals surface area contributed by atoms with E-state index in [0.717, 1.165) is 49.5 Å². The van der Waals surface area contributed by atoms with Gasteiger partial charge in [0, 0.05) is 32.4 Å². The maximum absolute atomic E-state index is 12.9. The standard InChI is InChI=1S/C20H24N4O2/c1-23(19-6-9-21-14-22-19)17-7-10-24(11-8-17)20(25)16-12-15-4-2-3-5-18(15)26-13-16/h2-6,9,14,16-17H,7-8,10-13H2,1H3. The second-order valence-corrected chi connectivity index (χ2v) is 7.05. The van der Waals surface area contributed by atoms with Crippen LogP contribution in [0.3, 0.4) is 0 Å². The molecule has 6 nitrogen and oxygen atoms in total. The molecular formula is C20H24N4O2. The Balaban J connectivity index is 1.34. The SMILES string of the molecule is CN(c1ccncn1)C1CCN(C(=O)C2COc3ccccc3C2)CC1. The smallest absolute Gasteiger partial charge is 0.229 e. The Morgan fingerprint density at radius 2 is 2.04 bits per heavy atom. The molecular weight excluding hydrogens is 328 g/mol. The zero-order valence-electron chi connectivity index (χ0n) is 15.0. The van der Waals surface area contributed by atoms with Gasteiger partial charge in [0.05, 0.1) is 5.92 Å². The molecule has 0 aliphatic carbocycles. The lowest BCUT2D eigenvalue weighted by Gasteiger charge is -2.39. The molecule has 26 heavy (non-hydrogen) atoms. The fourth-order valence-corrected chi connectivity index (χ4v) is 3.90. The largest absolute Gasteiger partial charge is 0.492 e. The number of carbonyl (C=O) groups is 1. The van der Waals surface area contributed by atoms with E-state index in [1.807, 2.05) is 29.2 Å². The Kier molecular flexibility index (Phi) is 4.73. The number of likely N-dealkylation sites (tertiary alicyclic amines) is 1. The number of para-hydroxylation sites is 1. The Morgan fingerprint density at radius 3 is 2.81 bits per heavy atom. The highest BCUT2D eigenvalue weighted by Crippen LogP contribution is 2.29. The molecule has 1 amide bonds. The first-order valence-corrected chi connectivity index (χ1v) is 9.20. The number of rotatable bonds is 3. The van der Waals surface area contributed by atoms with Crippen LogP contribution in [0.4, 0.5) is 5.82 Å². The number of carbonyl (C=O) groups excluding carboxylic acids is 1. The van der Waals surface area contributed by atoms with Gasteiger partial charge in [-0.15, -0.1) is 0 Å². The van der Waals surface area contributed by atoms with Crippen molar-refractivity contribution in [2.45, 2.75) is 25.3 Å². The number of benzene rings is 1. The van der Waals surface area contributed by atoms with Gasteiger partial charge in [0.15, 0.2) is 0 Å². The lowest BCUT2D eigenvalue weighted by molar-refractivity contribution is -0.138. The van der Waals surface area contributed by atoms with Crippen molar-refractivity contribution >= 4 is 11.7 Å². The normalized spacial score (nSPS) is 20.2. The van der Waals surface area contributed by atoms with E-state index in [2.05, 4.69) is 28.0 Å². The molecule has 1 aromatic heterocycles. The van der Waals surface area contributed by atoms with Gasteiger partial charge in [-0.05, 0) is 37.0 Å². The minimum Gasteiger partial charge on any atom is -0.492 e. The first-order valence-electron chi connectivity index (χ1n) is 9.20. The molecule has 2 aromatic rings. The van der Waals surface area contributed by atoms with Crippen LogP contribution in [0.25, 0.3) is 0 Å². The average molecular weight is 352 g/mol. The third-order valence-corrected chi connectivity index (χ3v) is 5.48. The van der Waals surface area contributed by atoms with Crippen LogP contribution >= 0.6 is 0 Å². The zero-order valence-corrected chi connectivity index (χ0v) is 15.0. The number of aromatic nitrogens is 2. The molecule has 0 radical (unpaired) electrons. The number of nitrogens with zero attached hydrogens (tertiary/aromatic N) is 4. The Bertz CT molecular complexity index is 759. The third kappa shape index (κ3) is 3.36. The topological polar surface area (TPSA) is 58.6 Å². The van der Waals surface area contributed by atoms with E-state index in [9.17, 15) is 4.79 Å². The number of ether oxygens (including phenoxy) is 1. The van der Waals surface area contributed by atoms with Crippen LogP contribution in [0.15, 0.2) is 42.9 Å². The first-order chi connectivity index (χ1) is 12.7. The number of piperidine rings is 1. The van der Waals surface area contributed by atoms with E-state index in [0.29, 0.717) is 12.6 Å². The Labute approximate surface area is 153 Å². The second-order valence-electron chi connectivity index (χ2n) is 7.05. The molecule has 2 aliphatic heterocycles. The molecule has 1 atom stereocenters. The molecule has 1 unspecified atom stereocenters. The van der Waals surface area contributed by atoms with Crippen LogP contribution in [0.5, 0.6) is 5.75 Å². The van der Waals surface area contributed by atoms with Crippen LogP contribution < -0.4 is 9.64 Å². The molecule has 1 aromatic carbocycles. The summed E-state index contributed by atoms with van der Waals surface area (Å²) in [7, 11) is 2.07. The molecule has 1 saturated heterocycles. The summed E-state index contributed by atoms with van der Waals surface area (Å²) in [5, 5.41) is 0. The highest BCUT2D eigenvalue weighted by molar-refractivity contribution is 5.80. The number of hydrogen-bond acceptors (Lipinski definition) is 5. The number of anilines is 1. The van der Waals surface area contributed by atoms with E-state index >= 15 is 0 Å². The first kappa shape index (κ1) is 16.8. The molecule has 4 rings (SSSR count). The van der Waals surface area contributed by atoms with Gasteiger partial charge < -0.3 is 14.5 Å². The average Bonchev–Trinajstić information content (AvgIpc) is 2.73. The highest BCUT2D eigenvalue weighted by Gasteiger charge is 2.32. The summed E-state index contributed by atoms with van der Waals surface area (Å²) in [5.74, 6) is 2.01. The van der Waals surface area contributed by atoms with Crippen molar-refractivity contribution in [2.75, 3.05) is 31.6 Å². The van der Waals surface area contributed by atoms with Crippen LogP contribution in [-0.2, 0) is 11.2 Å². The molecule has 0 saturated carbocycles. The third-order valence-electron chi connectivity index (χ3n) is 5.48. The summed E-state index contributed by atoms with van der Waals surface area (Å²) in [6.45, 7) is 2.06. The summed E-state index contributed by atoms with van der Waals surface area (Å²) in [6.07, 6.45) is 6.02. The summed E-state index contributed by atoms with van der Waals surface area (Å²) >= 11 is 0. The van der Waals surface area contributed by atoms with Gasteiger partial charge in [-0.1, -0.05) is 18.2 Å². The van der Waals surface area contributed by atoms with Crippen molar-refractivity contribution in [1.29, 1.82) is 0 Å². The van der Waals surface area contributed by atoms with E-state index in [1.54, 1.807) is 12.5 Å². The molecule has 2 aliphatic rings. The lowest BCUT2D eigenvalue weighted by atomic mass is 9.94. The van der Waals surface area contributed by atoms with Gasteiger partial charge in [0.25, 0.3) is 0 Å². The predicted octanol–water partition coefficient (Wildman–Crippen LogP) is 2.16. The fourth-order valence-electron chi connectivity index (χ4n) is 3.90. The monoisotopic (exact) mass is 352 g/mol. The molecule has 0 N–H and O–H groups in total. The van der Waals surface area contributed by atoms with Crippen molar-refractivity contribution < 1.29 is 9.53 Å². The molecule has 136 valence electrons. The fraction of sp³-hybridized carbons (Fsp3) is 0.450. The number of hydrogen-bond donors (Lipinski definition) is 0. The van der Waals surface area contributed by atoms with Crippen LogP contribution in [0.1, 0.15) is 18.4 Å². The minimum absolute atomic E-state index is 0.0685. The maximum Gasteiger partial charge on any atom is 0.229 e. The van der Waals surface area contributed by atoms with E-state index in [4.69, 9.17) is 4.74 Å². The molecule has 6 heteroatoms. The van der Waals surface area contributed by atoms with Crippen LogP contribution in [0, 0.1) is 5.92 Å². The van der Waals surface area contributed by atoms with Crippen LogP contribution in [-0.4, -0.2) is 53.6 Å². The van der Waals surface area contributed by atoms with Crippen molar-refractivity contribution in [3.63, 3.8) is 0 Å². The highest BCUT2D eigenvalue weighted by atomic mass is 16.5. The van der Waals surface area contributed by atoms with Gasteiger partial charge in [0.1, 0.15) is 24.5 Å². The quantitative estimate of drug-likeness (QED) is 0.847. The molecule has 0 spiro atoms. The predicted molar refractivity (Wildman–Crippen MR) is 99.2 cm³/mol. The Hall–Kier alpha value is -2.63. The van der Waals surface area contributed by atoms with Gasteiger partial charge in [-0.25, -0.2) is 9.97 Å². The Morgan fingerprint density at radius 1 is 1.23 bits per heavy atom. The van der Waals surface area contributed by atoms with Crippen molar-refractivity contribution in [2.24, 2.45) is 5.92 Å². The summed E-state index contributed by atoms with van der Waals surface area (Å²) < 4.78 is 5.80. The molecule has 3 heterocycles. The van der Waals surface area contributed by atoms with Gasteiger partial charge >= 0.3 is 0 Å². The number of fused-ring (bicyclic) bond motifs is 1. The summed E-state index contributed by atoms with van der Waals surface area (Å²) in [6, 6.07) is 10.3. The van der Waals surface area contributed by atoms with Crippen LogP contribution in [0.2, 0.25) is 0 Å². The zero-order chi connectivity index (χ0) is 17.9. The van der Waals surface area contributed by atoms with Gasteiger partial charge in [0.2, 0.25) is 5.91 Å². The molecule has 1 fully saturated rings. The van der Waals surface area contributed by atoms with E-state index in [-0.39, 0.29) is 11.8 Å². The number of amides is 1.